The van der Waals surface area contributed by atoms with E-state index in [-0.39, 0.29) is 11.9 Å². The number of rotatable bonds is 5. The minimum absolute atomic E-state index is 0.170. The normalized spacial score (nSPS) is 14.3. The second-order valence-electron chi connectivity index (χ2n) is 8.49. The Morgan fingerprint density at radius 1 is 0.838 bits per heavy atom. The van der Waals surface area contributed by atoms with Crippen LogP contribution in [-0.4, -0.2) is 61.7 Å². The monoisotopic (exact) mass is 514 g/mol. The lowest BCUT2D eigenvalue weighted by Gasteiger charge is -2.34. The van der Waals surface area contributed by atoms with Gasteiger partial charge in [0.05, 0.1) is 28.2 Å². The van der Waals surface area contributed by atoms with E-state index in [4.69, 9.17) is 0 Å². The van der Waals surface area contributed by atoms with E-state index in [0.717, 1.165) is 15.4 Å². The summed E-state index contributed by atoms with van der Waals surface area (Å²) in [4.78, 5) is 33.3. The van der Waals surface area contributed by atoms with Crippen LogP contribution in [0, 0.1) is 0 Å². The predicted molar refractivity (Wildman–Crippen MR) is 142 cm³/mol. The molecule has 10 heteroatoms. The van der Waals surface area contributed by atoms with Crippen LogP contribution in [0.4, 0.5) is 21.9 Å². The van der Waals surface area contributed by atoms with Gasteiger partial charge in [0.2, 0.25) is 0 Å². The fourth-order valence-electron chi connectivity index (χ4n) is 4.32. The van der Waals surface area contributed by atoms with Crippen LogP contribution < -0.4 is 9.62 Å². The number of aromatic nitrogens is 1. The summed E-state index contributed by atoms with van der Waals surface area (Å²) in [5, 5.41) is 3.68. The second-order valence-corrected chi connectivity index (χ2v) is 9.29. The van der Waals surface area contributed by atoms with E-state index >= 15 is 0 Å². The van der Waals surface area contributed by atoms with Crippen molar-refractivity contribution in [3.8, 4) is 0 Å². The van der Waals surface area contributed by atoms with E-state index in [2.05, 4.69) is 10.3 Å². The summed E-state index contributed by atoms with van der Waals surface area (Å²) in [6, 6.07) is 24.5. The number of anilines is 3. The molecule has 1 aliphatic rings. The highest BCUT2D eigenvalue weighted by atomic mass is 32.2. The van der Waals surface area contributed by atoms with Gasteiger partial charge in [0, 0.05) is 49.0 Å². The molecule has 9 nitrogen and oxygen atoms in total. The molecule has 188 valence electrons. The van der Waals surface area contributed by atoms with E-state index < -0.39 is 11.3 Å². The SMILES string of the molecule is O=C(Nc1ccccc1)N1CCN(C(=O)c2ccc(N(c3cccc4cccnc34)S(=O)[O-])cc2)CC1. The number of para-hydroxylation sites is 2. The second kappa shape index (κ2) is 10.8. The maximum Gasteiger partial charge on any atom is 0.321 e. The van der Waals surface area contributed by atoms with Crippen LogP contribution in [0.2, 0.25) is 0 Å². The molecule has 2 heterocycles. The number of benzene rings is 3. The molecule has 0 aliphatic carbocycles. The lowest BCUT2D eigenvalue weighted by Crippen LogP contribution is -2.51. The summed E-state index contributed by atoms with van der Waals surface area (Å²) in [7, 11) is 0. The smallest absolute Gasteiger partial charge is 0.321 e. The fraction of sp³-hybridized carbons (Fsp3) is 0.148. The fourth-order valence-corrected chi connectivity index (χ4v) is 4.92. The number of nitrogens with one attached hydrogen (secondary N) is 1. The van der Waals surface area contributed by atoms with Gasteiger partial charge in [-0.05, 0) is 48.5 Å². The molecule has 4 aromatic rings. The van der Waals surface area contributed by atoms with Crippen molar-refractivity contribution in [2.45, 2.75) is 0 Å². The van der Waals surface area contributed by atoms with E-state index in [1.165, 1.54) is 0 Å². The van der Waals surface area contributed by atoms with Crippen molar-refractivity contribution in [3.05, 3.63) is 96.7 Å². The Hall–Kier alpha value is -4.28. The molecular weight excluding hydrogens is 490 g/mol. The highest BCUT2D eigenvalue weighted by Crippen LogP contribution is 2.32. The molecule has 3 aromatic carbocycles. The average Bonchev–Trinajstić information content (AvgIpc) is 2.94. The summed E-state index contributed by atoms with van der Waals surface area (Å²) in [6.07, 6.45) is 1.62. The zero-order valence-electron chi connectivity index (χ0n) is 19.8. The molecule has 0 bridgehead atoms. The average molecular weight is 515 g/mol. The third kappa shape index (κ3) is 5.30. The lowest BCUT2D eigenvalue weighted by atomic mass is 10.1. The Balaban J connectivity index is 1.26. The van der Waals surface area contributed by atoms with E-state index in [9.17, 15) is 18.4 Å². The largest absolute Gasteiger partial charge is 0.755 e. The first-order chi connectivity index (χ1) is 18.0. The standard InChI is InChI=1S/C27H25N5O4S/c33-26(30-16-18-31(19-17-30)27(34)29-22-8-2-1-3-9-22)21-11-13-23(14-12-21)32(37(35)36)24-10-4-6-20-7-5-15-28-25(20)24/h1-15H,16-19H2,(H,29,34)(H,35,36)/p-1. The van der Waals surface area contributed by atoms with E-state index in [1.807, 2.05) is 42.5 Å². The molecule has 1 aliphatic heterocycles. The Labute approximate surface area is 216 Å². The molecule has 1 aromatic heterocycles. The molecule has 37 heavy (non-hydrogen) atoms. The molecule has 1 atom stereocenters. The van der Waals surface area contributed by atoms with Crippen molar-refractivity contribution in [3.63, 3.8) is 0 Å². The van der Waals surface area contributed by atoms with Crippen molar-refractivity contribution >= 4 is 51.2 Å². The van der Waals surface area contributed by atoms with Gasteiger partial charge in [0.1, 0.15) is 0 Å². The number of hydrogen-bond acceptors (Lipinski definition) is 5. The first-order valence-electron chi connectivity index (χ1n) is 11.7. The van der Waals surface area contributed by atoms with E-state index in [0.29, 0.717) is 48.6 Å². The highest BCUT2D eigenvalue weighted by molar-refractivity contribution is 7.81. The van der Waals surface area contributed by atoms with Crippen LogP contribution in [0.5, 0.6) is 0 Å². The number of piperazine rings is 1. The van der Waals surface area contributed by atoms with Crippen molar-refractivity contribution in [2.24, 2.45) is 0 Å². The molecule has 0 radical (unpaired) electrons. The predicted octanol–water partition coefficient (Wildman–Crippen LogP) is 4.16. The molecule has 1 saturated heterocycles. The van der Waals surface area contributed by atoms with Gasteiger partial charge in [-0.3, -0.25) is 18.3 Å². The minimum Gasteiger partial charge on any atom is -0.755 e. The van der Waals surface area contributed by atoms with Gasteiger partial charge in [-0.15, -0.1) is 0 Å². The first-order valence-corrected chi connectivity index (χ1v) is 12.8. The number of fused-ring (bicyclic) bond motifs is 1. The van der Waals surface area contributed by atoms with Crippen LogP contribution in [-0.2, 0) is 11.3 Å². The summed E-state index contributed by atoms with van der Waals surface area (Å²) in [6.45, 7) is 1.64. The molecule has 3 amide bonds. The van der Waals surface area contributed by atoms with Gasteiger partial charge in [-0.2, -0.15) is 0 Å². The number of carbonyl (C=O) groups excluding carboxylic acids is 2. The summed E-state index contributed by atoms with van der Waals surface area (Å²) < 4.78 is 25.6. The van der Waals surface area contributed by atoms with Crippen molar-refractivity contribution in [1.82, 2.24) is 14.8 Å². The van der Waals surface area contributed by atoms with Crippen molar-refractivity contribution < 1.29 is 18.4 Å². The Kier molecular flexibility index (Phi) is 7.11. The van der Waals surface area contributed by atoms with Crippen molar-refractivity contribution in [2.75, 3.05) is 35.8 Å². The Bertz CT molecular complexity index is 1440. The Morgan fingerprint density at radius 3 is 2.22 bits per heavy atom. The van der Waals surface area contributed by atoms with Gasteiger partial charge in [-0.1, -0.05) is 36.4 Å². The van der Waals surface area contributed by atoms with Crippen LogP contribution in [0.3, 0.4) is 0 Å². The highest BCUT2D eigenvalue weighted by Gasteiger charge is 2.25. The number of nitrogens with zero attached hydrogens (tertiary/aromatic N) is 4. The summed E-state index contributed by atoms with van der Waals surface area (Å²) in [5.74, 6) is -0.170. The maximum absolute atomic E-state index is 13.1. The van der Waals surface area contributed by atoms with Crippen LogP contribution in [0.1, 0.15) is 10.4 Å². The quantitative estimate of drug-likeness (QED) is 0.403. The zero-order valence-corrected chi connectivity index (χ0v) is 20.6. The first kappa shape index (κ1) is 24.4. The summed E-state index contributed by atoms with van der Waals surface area (Å²) >= 11 is -2.60. The van der Waals surface area contributed by atoms with E-state index in [1.54, 1.807) is 58.5 Å². The van der Waals surface area contributed by atoms with Gasteiger partial charge >= 0.3 is 6.03 Å². The zero-order chi connectivity index (χ0) is 25.8. The maximum atomic E-state index is 13.1. The lowest BCUT2D eigenvalue weighted by molar-refractivity contribution is 0.0671. The number of pyridine rings is 1. The van der Waals surface area contributed by atoms with Gasteiger partial charge in [-0.25, -0.2) is 4.79 Å². The molecular formula is C27H24N5O4S-. The number of amides is 3. The molecule has 1 N–H and O–H groups in total. The number of carbonyl (C=O) groups is 2. The summed E-state index contributed by atoms with van der Waals surface area (Å²) in [5.41, 5.74) is 2.54. The number of hydrogen-bond donors (Lipinski definition) is 1. The van der Waals surface area contributed by atoms with Crippen LogP contribution in [0.15, 0.2) is 91.1 Å². The third-order valence-electron chi connectivity index (χ3n) is 6.21. The third-order valence-corrected chi connectivity index (χ3v) is 6.91. The molecule has 0 saturated carbocycles. The van der Waals surface area contributed by atoms with Gasteiger partial charge in [0.15, 0.2) is 0 Å². The number of urea groups is 1. The topological polar surface area (TPSA) is 109 Å². The molecule has 1 fully saturated rings. The molecule has 1 unspecified atom stereocenters. The van der Waals surface area contributed by atoms with Crippen LogP contribution >= 0.6 is 0 Å². The minimum atomic E-state index is -2.60. The van der Waals surface area contributed by atoms with Gasteiger partial charge < -0.3 is 19.7 Å². The Morgan fingerprint density at radius 2 is 1.51 bits per heavy atom. The van der Waals surface area contributed by atoms with Crippen LogP contribution in [0.25, 0.3) is 10.9 Å². The molecule has 5 rings (SSSR count). The van der Waals surface area contributed by atoms with Crippen molar-refractivity contribution in [1.29, 1.82) is 0 Å². The molecule has 0 spiro atoms. The van der Waals surface area contributed by atoms with Gasteiger partial charge in [0.25, 0.3) is 5.91 Å².